The van der Waals surface area contributed by atoms with Gasteiger partial charge in [-0.1, -0.05) is 12.1 Å². The van der Waals surface area contributed by atoms with Gasteiger partial charge < -0.3 is 15.8 Å². The first kappa shape index (κ1) is 15.7. The normalized spacial score (nSPS) is 12.1. The van der Waals surface area contributed by atoms with Gasteiger partial charge in [0.25, 0.3) is 0 Å². The smallest absolute Gasteiger partial charge is 0.119 e. The van der Waals surface area contributed by atoms with Crippen molar-refractivity contribution in [1.82, 2.24) is 5.32 Å². The molecule has 2 rings (SSSR count). The Morgan fingerprint density at radius 1 is 1.10 bits per heavy atom. The molecule has 0 aromatic heterocycles. The van der Waals surface area contributed by atoms with E-state index in [4.69, 9.17) is 10.5 Å². The largest absolute Gasteiger partial charge is 0.492 e. The van der Waals surface area contributed by atoms with Crippen LogP contribution in [0.15, 0.2) is 53.4 Å². The Balaban J connectivity index is 1.73. The molecule has 0 aliphatic heterocycles. The van der Waals surface area contributed by atoms with Crippen LogP contribution in [0.25, 0.3) is 0 Å². The van der Waals surface area contributed by atoms with E-state index in [2.05, 4.69) is 42.8 Å². The minimum absolute atomic E-state index is 0.316. The Hall–Kier alpha value is -1.65. The van der Waals surface area contributed by atoms with Crippen molar-refractivity contribution in [3.63, 3.8) is 0 Å². The highest BCUT2D eigenvalue weighted by atomic mass is 32.2. The van der Waals surface area contributed by atoms with Crippen LogP contribution in [0.3, 0.4) is 0 Å². The molecule has 0 bridgehead atoms. The molecule has 3 N–H and O–H groups in total. The number of thioether (sulfide) groups is 1. The average Bonchev–Trinajstić information content (AvgIpc) is 2.53. The molecule has 0 amide bonds. The van der Waals surface area contributed by atoms with Crippen molar-refractivity contribution in [3.8, 4) is 5.75 Å². The summed E-state index contributed by atoms with van der Waals surface area (Å²) in [7, 11) is 0. The average molecular weight is 302 g/mol. The molecule has 3 nitrogen and oxygen atoms in total. The van der Waals surface area contributed by atoms with Crippen LogP contribution in [0.2, 0.25) is 0 Å². The zero-order valence-corrected chi connectivity index (χ0v) is 13.3. The van der Waals surface area contributed by atoms with Crippen LogP contribution < -0.4 is 15.8 Å². The molecule has 112 valence electrons. The number of anilines is 1. The fraction of sp³-hybridized carbons (Fsp3) is 0.294. The molecule has 0 aliphatic rings. The maximum absolute atomic E-state index is 5.66. The highest BCUT2D eigenvalue weighted by molar-refractivity contribution is 7.98. The number of hydrogen-bond acceptors (Lipinski definition) is 4. The third-order valence-electron chi connectivity index (χ3n) is 3.32. The van der Waals surface area contributed by atoms with Crippen LogP contribution in [0.4, 0.5) is 5.69 Å². The molecule has 0 spiro atoms. The first-order chi connectivity index (χ1) is 10.2. The van der Waals surface area contributed by atoms with Gasteiger partial charge in [0.15, 0.2) is 0 Å². The molecule has 0 fully saturated rings. The van der Waals surface area contributed by atoms with Gasteiger partial charge >= 0.3 is 0 Å². The lowest BCUT2D eigenvalue weighted by Crippen LogP contribution is -2.24. The maximum Gasteiger partial charge on any atom is 0.119 e. The predicted octanol–water partition coefficient (Wildman–Crippen LogP) is 3.72. The number of benzene rings is 2. The lowest BCUT2D eigenvalue weighted by molar-refractivity contribution is 0.307. The van der Waals surface area contributed by atoms with Crippen molar-refractivity contribution in [3.05, 3.63) is 54.1 Å². The number of nitrogens with one attached hydrogen (secondary N) is 1. The molecular formula is C17H22N2OS. The van der Waals surface area contributed by atoms with Gasteiger partial charge in [0.1, 0.15) is 12.4 Å². The summed E-state index contributed by atoms with van der Waals surface area (Å²) in [5, 5.41) is 3.46. The third-order valence-corrected chi connectivity index (χ3v) is 4.06. The van der Waals surface area contributed by atoms with Crippen molar-refractivity contribution in [2.24, 2.45) is 0 Å². The number of rotatable bonds is 7. The van der Waals surface area contributed by atoms with Crippen LogP contribution >= 0.6 is 11.8 Å². The topological polar surface area (TPSA) is 47.3 Å². The summed E-state index contributed by atoms with van der Waals surface area (Å²) in [5.41, 5.74) is 7.68. The van der Waals surface area contributed by atoms with Crippen LogP contribution in [0.5, 0.6) is 5.75 Å². The van der Waals surface area contributed by atoms with Gasteiger partial charge in [0.05, 0.1) is 0 Å². The van der Waals surface area contributed by atoms with E-state index in [1.165, 1.54) is 10.5 Å². The predicted molar refractivity (Wildman–Crippen MR) is 91.0 cm³/mol. The zero-order chi connectivity index (χ0) is 15.1. The summed E-state index contributed by atoms with van der Waals surface area (Å²) in [4.78, 5) is 1.29. The highest BCUT2D eigenvalue weighted by Gasteiger charge is 2.04. The van der Waals surface area contributed by atoms with Gasteiger partial charge in [-0.25, -0.2) is 0 Å². The second kappa shape index (κ2) is 7.96. The third kappa shape index (κ3) is 4.99. The molecule has 21 heavy (non-hydrogen) atoms. The Morgan fingerprint density at radius 3 is 2.38 bits per heavy atom. The highest BCUT2D eigenvalue weighted by Crippen LogP contribution is 2.18. The molecule has 0 aliphatic carbocycles. The van der Waals surface area contributed by atoms with Crippen LogP contribution in [0.1, 0.15) is 18.5 Å². The van der Waals surface area contributed by atoms with E-state index < -0.39 is 0 Å². The Labute approximate surface area is 130 Å². The van der Waals surface area contributed by atoms with Gasteiger partial charge in [-0.3, -0.25) is 0 Å². The van der Waals surface area contributed by atoms with Gasteiger partial charge in [-0.05, 0) is 55.1 Å². The van der Waals surface area contributed by atoms with Crippen molar-refractivity contribution in [2.75, 3.05) is 25.1 Å². The van der Waals surface area contributed by atoms with Crippen LogP contribution in [-0.4, -0.2) is 19.4 Å². The Morgan fingerprint density at radius 2 is 1.76 bits per heavy atom. The molecule has 1 unspecified atom stereocenters. The Kier molecular flexibility index (Phi) is 5.96. The number of nitrogens with two attached hydrogens (primary N) is 1. The van der Waals surface area contributed by atoms with E-state index in [-0.39, 0.29) is 0 Å². The van der Waals surface area contributed by atoms with Gasteiger partial charge in [0, 0.05) is 23.2 Å². The second-order valence-electron chi connectivity index (χ2n) is 4.87. The van der Waals surface area contributed by atoms with E-state index in [1.54, 1.807) is 11.8 Å². The minimum atomic E-state index is 0.316. The van der Waals surface area contributed by atoms with Gasteiger partial charge in [0.2, 0.25) is 0 Å². The van der Waals surface area contributed by atoms with Crippen molar-refractivity contribution in [2.45, 2.75) is 17.9 Å². The fourth-order valence-corrected chi connectivity index (χ4v) is 2.43. The van der Waals surface area contributed by atoms with E-state index in [1.807, 2.05) is 24.3 Å². The van der Waals surface area contributed by atoms with Crippen LogP contribution in [0, 0.1) is 0 Å². The quantitative estimate of drug-likeness (QED) is 0.465. The molecule has 2 aromatic rings. The summed E-state index contributed by atoms with van der Waals surface area (Å²) in [6, 6.07) is 16.4. The van der Waals surface area contributed by atoms with Gasteiger partial charge in [-0.15, -0.1) is 11.8 Å². The summed E-state index contributed by atoms with van der Waals surface area (Å²) >= 11 is 1.76. The number of ether oxygens (including phenoxy) is 1. The summed E-state index contributed by atoms with van der Waals surface area (Å²) in [5.74, 6) is 0.850. The summed E-state index contributed by atoms with van der Waals surface area (Å²) in [6.45, 7) is 3.60. The molecular weight excluding hydrogens is 280 g/mol. The number of nitrogen functional groups attached to an aromatic ring is 1. The SMILES string of the molecule is CSc1ccc(C(C)NCCOc2ccc(N)cc2)cc1. The van der Waals surface area contributed by atoms with Crippen molar-refractivity contribution >= 4 is 17.4 Å². The van der Waals surface area contributed by atoms with E-state index in [0.717, 1.165) is 18.0 Å². The van der Waals surface area contributed by atoms with E-state index >= 15 is 0 Å². The maximum atomic E-state index is 5.66. The molecule has 0 radical (unpaired) electrons. The zero-order valence-electron chi connectivity index (χ0n) is 12.5. The van der Waals surface area contributed by atoms with Gasteiger partial charge in [-0.2, -0.15) is 0 Å². The van der Waals surface area contributed by atoms with Crippen LogP contribution in [-0.2, 0) is 0 Å². The first-order valence-electron chi connectivity index (χ1n) is 7.04. The standard InChI is InChI=1S/C17H22N2OS/c1-13(14-3-9-17(21-2)10-4-14)19-11-12-20-16-7-5-15(18)6-8-16/h3-10,13,19H,11-12,18H2,1-2H3. The monoisotopic (exact) mass is 302 g/mol. The number of hydrogen-bond donors (Lipinski definition) is 2. The molecule has 0 heterocycles. The fourth-order valence-electron chi connectivity index (χ4n) is 2.02. The molecule has 1 atom stereocenters. The molecule has 4 heteroatoms. The van der Waals surface area contributed by atoms with Crippen molar-refractivity contribution in [1.29, 1.82) is 0 Å². The lowest BCUT2D eigenvalue weighted by Gasteiger charge is -2.15. The first-order valence-corrected chi connectivity index (χ1v) is 8.27. The summed E-state index contributed by atoms with van der Waals surface area (Å²) in [6.07, 6.45) is 2.09. The molecule has 0 saturated carbocycles. The Bertz CT molecular complexity index is 540. The van der Waals surface area contributed by atoms with E-state index in [9.17, 15) is 0 Å². The summed E-state index contributed by atoms with van der Waals surface area (Å²) < 4.78 is 5.66. The molecule has 0 saturated heterocycles. The molecule has 2 aromatic carbocycles. The van der Waals surface area contributed by atoms with E-state index in [0.29, 0.717) is 12.6 Å². The minimum Gasteiger partial charge on any atom is -0.492 e. The second-order valence-corrected chi connectivity index (χ2v) is 5.75. The van der Waals surface area contributed by atoms with Crippen molar-refractivity contribution < 1.29 is 4.74 Å². The lowest BCUT2D eigenvalue weighted by atomic mass is 10.1.